The number of carbonyl (C=O) groups excluding carboxylic acids is 1. The number of amides is 1. The summed E-state index contributed by atoms with van der Waals surface area (Å²) in [6.07, 6.45) is 4.75. The smallest absolute Gasteiger partial charge is 0.224 e. The molecule has 6 N–H and O–H groups in total. The predicted molar refractivity (Wildman–Crippen MR) is 68.0 cm³/mol. The highest BCUT2D eigenvalue weighted by Crippen LogP contribution is 2.18. The Hall–Kier alpha value is -1.30. The van der Waals surface area contributed by atoms with Gasteiger partial charge in [0.1, 0.15) is 0 Å². The average Bonchev–Trinajstić information content (AvgIpc) is 2.76. The van der Waals surface area contributed by atoms with Gasteiger partial charge in [-0.25, -0.2) is 5.84 Å². The van der Waals surface area contributed by atoms with Crippen molar-refractivity contribution in [3.63, 3.8) is 0 Å². The van der Waals surface area contributed by atoms with Gasteiger partial charge in [0.25, 0.3) is 0 Å². The topological polar surface area (TPSA) is 106 Å². The summed E-state index contributed by atoms with van der Waals surface area (Å²) in [7, 11) is 0. The number of nitrogens with zero attached hydrogens (tertiary/aromatic N) is 1. The Morgan fingerprint density at radius 2 is 2.00 bits per heavy atom. The Morgan fingerprint density at radius 3 is 2.47 bits per heavy atom. The highest BCUT2D eigenvalue weighted by atomic mass is 16.1. The van der Waals surface area contributed by atoms with E-state index in [4.69, 9.17) is 11.6 Å². The second-order valence-corrected chi connectivity index (χ2v) is 5.18. The summed E-state index contributed by atoms with van der Waals surface area (Å²) < 4.78 is 0. The first-order chi connectivity index (χ1) is 7.95. The number of carbonyl (C=O) groups is 1. The Labute approximate surface area is 102 Å². The first-order valence-corrected chi connectivity index (χ1v) is 6.03. The molecule has 1 amide bonds. The van der Waals surface area contributed by atoms with Crippen LogP contribution in [0.15, 0.2) is 4.99 Å². The molecule has 0 bridgehead atoms. The van der Waals surface area contributed by atoms with E-state index in [1.807, 2.05) is 0 Å². The van der Waals surface area contributed by atoms with E-state index in [-0.39, 0.29) is 5.91 Å². The summed E-state index contributed by atoms with van der Waals surface area (Å²) in [4.78, 5) is 15.4. The van der Waals surface area contributed by atoms with Gasteiger partial charge in [-0.1, -0.05) is 12.8 Å². The van der Waals surface area contributed by atoms with Crippen LogP contribution in [-0.2, 0) is 4.79 Å². The van der Waals surface area contributed by atoms with Crippen molar-refractivity contribution in [2.45, 2.75) is 45.6 Å². The lowest BCUT2D eigenvalue weighted by Gasteiger charge is -2.20. The Balaban J connectivity index is 2.51. The fraction of sp³-hybridized carbons (Fsp3) is 0.818. The largest absolute Gasteiger partial charge is 0.369 e. The molecular formula is C11H23N5O. The molecule has 1 aliphatic rings. The molecule has 17 heavy (non-hydrogen) atoms. The first-order valence-electron chi connectivity index (χ1n) is 6.03. The van der Waals surface area contributed by atoms with E-state index >= 15 is 0 Å². The molecular weight excluding hydrogens is 218 g/mol. The molecule has 0 radical (unpaired) electrons. The summed E-state index contributed by atoms with van der Waals surface area (Å²) in [5.74, 6) is 5.57. The number of nitrogens with one attached hydrogen (secondary N) is 2. The van der Waals surface area contributed by atoms with Crippen molar-refractivity contribution in [1.82, 2.24) is 10.7 Å². The van der Waals surface area contributed by atoms with Gasteiger partial charge in [0.15, 0.2) is 0 Å². The lowest BCUT2D eigenvalue weighted by Crippen LogP contribution is -2.46. The zero-order chi connectivity index (χ0) is 12.9. The number of primary amides is 1. The maximum Gasteiger partial charge on any atom is 0.224 e. The van der Waals surface area contributed by atoms with Crippen molar-refractivity contribution < 1.29 is 4.79 Å². The fourth-order valence-electron chi connectivity index (χ4n) is 1.75. The monoisotopic (exact) mass is 241 g/mol. The van der Waals surface area contributed by atoms with Crippen LogP contribution in [-0.4, -0.2) is 24.5 Å². The quantitative estimate of drug-likeness (QED) is 0.238. The molecule has 1 saturated carbocycles. The average molecular weight is 241 g/mol. The van der Waals surface area contributed by atoms with E-state index < -0.39 is 5.41 Å². The minimum atomic E-state index is -0.653. The summed E-state index contributed by atoms with van der Waals surface area (Å²) in [6, 6.07) is 0.432. The van der Waals surface area contributed by atoms with Gasteiger partial charge >= 0.3 is 0 Å². The third-order valence-corrected chi connectivity index (χ3v) is 3.13. The highest BCUT2D eigenvalue weighted by Gasteiger charge is 2.25. The second-order valence-electron chi connectivity index (χ2n) is 5.18. The minimum absolute atomic E-state index is 0.321. The van der Waals surface area contributed by atoms with Gasteiger partial charge in [-0.05, 0) is 26.7 Å². The molecule has 1 rings (SSSR count). The number of nitrogens with two attached hydrogens (primary N) is 2. The van der Waals surface area contributed by atoms with Crippen molar-refractivity contribution in [1.29, 1.82) is 0 Å². The van der Waals surface area contributed by atoms with E-state index in [2.05, 4.69) is 15.7 Å². The first kappa shape index (κ1) is 13.8. The van der Waals surface area contributed by atoms with Gasteiger partial charge in [-0.15, -0.1) is 0 Å². The summed E-state index contributed by atoms with van der Waals surface area (Å²) >= 11 is 0. The van der Waals surface area contributed by atoms with Crippen molar-refractivity contribution in [3.05, 3.63) is 0 Å². The van der Waals surface area contributed by atoms with Crippen LogP contribution in [0.3, 0.4) is 0 Å². The molecule has 98 valence electrons. The van der Waals surface area contributed by atoms with Gasteiger partial charge < -0.3 is 11.1 Å². The zero-order valence-corrected chi connectivity index (χ0v) is 10.6. The molecule has 1 fully saturated rings. The molecule has 0 unspecified atom stereocenters. The Kier molecular flexibility index (Phi) is 4.74. The number of hydrogen-bond donors (Lipinski definition) is 4. The van der Waals surface area contributed by atoms with Crippen LogP contribution in [0.5, 0.6) is 0 Å². The van der Waals surface area contributed by atoms with Crippen LogP contribution in [0.1, 0.15) is 39.5 Å². The van der Waals surface area contributed by atoms with Crippen molar-refractivity contribution in [2.24, 2.45) is 22.0 Å². The van der Waals surface area contributed by atoms with Crippen LogP contribution >= 0.6 is 0 Å². The Bertz CT molecular complexity index is 294. The SMILES string of the molecule is CC(C)(CN=C(NN)NC1CCCC1)C(N)=O. The van der Waals surface area contributed by atoms with E-state index in [0.29, 0.717) is 18.5 Å². The number of hydrazine groups is 1. The molecule has 0 saturated heterocycles. The maximum atomic E-state index is 11.1. The standard InChI is InChI=1S/C11H23N5O/c1-11(2,9(12)17)7-14-10(16-13)15-8-5-3-4-6-8/h8H,3-7,13H2,1-2H3,(H2,12,17)(H2,14,15,16). The summed E-state index contributed by atoms with van der Waals surface area (Å²) in [6.45, 7) is 3.85. The molecule has 0 aromatic carbocycles. The lowest BCUT2D eigenvalue weighted by atomic mass is 9.93. The third kappa shape index (κ3) is 4.22. The van der Waals surface area contributed by atoms with E-state index in [1.165, 1.54) is 12.8 Å². The van der Waals surface area contributed by atoms with Crippen LogP contribution < -0.4 is 22.3 Å². The van der Waals surface area contributed by atoms with Crippen LogP contribution in [0.2, 0.25) is 0 Å². The molecule has 0 aliphatic heterocycles. The molecule has 0 spiro atoms. The van der Waals surface area contributed by atoms with Gasteiger partial charge in [0, 0.05) is 6.04 Å². The van der Waals surface area contributed by atoms with Crippen molar-refractivity contribution >= 4 is 11.9 Å². The van der Waals surface area contributed by atoms with Crippen molar-refractivity contribution in [2.75, 3.05) is 6.54 Å². The van der Waals surface area contributed by atoms with Gasteiger partial charge in [-0.3, -0.25) is 15.2 Å². The maximum absolute atomic E-state index is 11.1. The fourth-order valence-corrected chi connectivity index (χ4v) is 1.75. The van der Waals surface area contributed by atoms with E-state index in [0.717, 1.165) is 12.8 Å². The lowest BCUT2D eigenvalue weighted by molar-refractivity contribution is -0.125. The molecule has 0 aromatic heterocycles. The summed E-state index contributed by atoms with van der Waals surface area (Å²) in [5, 5.41) is 3.24. The van der Waals surface area contributed by atoms with Crippen molar-refractivity contribution in [3.8, 4) is 0 Å². The number of hydrogen-bond acceptors (Lipinski definition) is 3. The number of guanidine groups is 1. The van der Waals surface area contributed by atoms with E-state index in [1.54, 1.807) is 13.8 Å². The molecule has 6 nitrogen and oxygen atoms in total. The van der Waals surface area contributed by atoms with Gasteiger partial charge in [0.2, 0.25) is 11.9 Å². The highest BCUT2D eigenvalue weighted by molar-refractivity contribution is 5.82. The molecule has 0 heterocycles. The third-order valence-electron chi connectivity index (χ3n) is 3.13. The molecule has 6 heteroatoms. The van der Waals surface area contributed by atoms with Crippen LogP contribution in [0.4, 0.5) is 0 Å². The Morgan fingerprint density at radius 1 is 1.41 bits per heavy atom. The van der Waals surface area contributed by atoms with Gasteiger partial charge in [-0.2, -0.15) is 0 Å². The molecule has 0 atom stereocenters. The molecule has 1 aliphatic carbocycles. The summed E-state index contributed by atoms with van der Waals surface area (Å²) in [5.41, 5.74) is 7.16. The zero-order valence-electron chi connectivity index (χ0n) is 10.6. The number of rotatable bonds is 4. The van der Waals surface area contributed by atoms with Crippen LogP contribution in [0, 0.1) is 5.41 Å². The van der Waals surface area contributed by atoms with Crippen LogP contribution in [0.25, 0.3) is 0 Å². The van der Waals surface area contributed by atoms with E-state index in [9.17, 15) is 4.79 Å². The van der Waals surface area contributed by atoms with Gasteiger partial charge in [0.05, 0.1) is 12.0 Å². The number of aliphatic imine (C=N–C) groups is 1. The second kappa shape index (κ2) is 5.86. The normalized spacial score (nSPS) is 18.2. The predicted octanol–water partition coefficient (Wildman–Crippen LogP) is -0.151. The minimum Gasteiger partial charge on any atom is -0.369 e. The molecule has 0 aromatic rings.